The number of carbonyl (C=O) groups excluding carboxylic acids is 1. The van der Waals surface area contributed by atoms with Gasteiger partial charge in [0.15, 0.2) is 0 Å². The van der Waals surface area contributed by atoms with Gasteiger partial charge in [-0.05, 0) is 56.9 Å². The number of aryl methyl sites for hydroxylation is 1. The summed E-state index contributed by atoms with van der Waals surface area (Å²) in [4.78, 5) is 17.0. The zero-order valence-electron chi connectivity index (χ0n) is 14.8. The van der Waals surface area contributed by atoms with E-state index >= 15 is 0 Å². The minimum atomic E-state index is -1.03. The van der Waals surface area contributed by atoms with Crippen LogP contribution in [0.3, 0.4) is 0 Å². The Morgan fingerprint density at radius 1 is 1.36 bits per heavy atom. The van der Waals surface area contributed by atoms with Crippen molar-refractivity contribution in [2.45, 2.75) is 38.3 Å². The van der Waals surface area contributed by atoms with Crippen molar-refractivity contribution < 1.29 is 9.90 Å². The molecule has 5 heteroatoms. The third kappa shape index (κ3) is 4.49. The van der Waals surface area contributed by atoms with Gasteiger partial charge in [0, 0.05) is 30.6 Å². The third-order valence-electron chi connectivity index (χ3n) is 4.18. The molecule has 3 rings (SSSR count). The van der Waals surface area contributed by atoms with Crippen LogP contribution in [-0.4, -0.2) is 26.2 Å². The highest BCUT2D eigenvalue weighted by atomic mass is 16.3. The van der Waals surface area contributed by atoms with Gasteiger partial charge >= 0.3 is 0 Å². The normalized spacial score (nSPS) is 15.2. The Balaban J connectivity index is 1.72. The standard InChI is InChI=1S/C20H23N3O2/c1-20(2,25)11-10-14-4-6-16(7-5-14)19(24)22-17(15-8-9-15)18-21-12-13-23(18)3/h4-7,12-13,15,17,25H,8-9H2,1-3H3,(H,22,24)/t17-/m1/s1. The first-order valence-electron chi connectivity index (χ1n) is 8.47. The van der Waals surface area contributed by atoms with Crippen LogP contribution in [0.25, 0.3) is 0 Å². The Labute approximate surface area is 148 Å². The summed E-state index contributed by atoms with van der Waals surface area (Å²) in [6.45, 7) is 3.27. The first kappa shape index (κ1) is 17.2. The Hall–Kier alpha value is -2.58. The predicted octanol–water partition coefficient (Wildman–Crippen LogP) is 2.42. The van der Waals surface area contributed by atoms with Crippen molar-refractivity contribution in [2.24, 2.45) is 13.0 Å². The van der Waals surface area contributed by atoms with E-state index in [1.807, 2.05) is 17.8 Å². The van der Waals surface area contributed by atoms with Crippen LogP contribution in [0.15, 0.2) is 36.7 Å². The molecule has 25 heavy (non-hydrogen) atoms. The van der Waals surface area contributed by atoms with Crippen LogP contribution >= 0.6 is 0 Å². The van der Waals surface area contributed by atoms with E-state index in [1.165, 1.54) is 0 Å². The first-order valence-corrected chi connectivity index (χ1v) is 8.47. The highest BCUT2D eigenvalue weighted by Crippen LogP contribution is 2.40. The predicted molar refractivity (Wildman–Crippen MR) is 95.8 cm³/mol. The van der Waals surface area contributed by atoms with Gasteiger partial charge in [-0.2, -0.15) is 0 Å². The lowest BCUT2D eigenvalue weighted by Gasteiger charge is -2.18. The number of aromatic nitrogens is 2. The van der Waals surface area contributed by atoms with Gasteiger partial charge in [-0.25, -0.2) is 4.98 Å². The summed E-state index contributed by atoms with van der Waals surface area (Å²) >= 11 is 0. The van der Waals surface area contributed by atoms with Crippen LogP contribution in [-0.2, 0) is 7.05 Å². The van der Waals surface area contributed by atoms with Crippen LogP contribution in [0.2, 0.25) is 0 Å². The fraction of sp³-hybridized carbons (Fsp3) is 0.400. The van der Waals surface area contributed by atoms with Crippen LogP contribution in [0.5, 0.6) is 0 Å². The second-order valence-electron chi connectivity index (χ2n) is 7.07. The maximum absolute atomic E-state index is 12.6. The summed E-state index contributed by atoms with van der Waals surface area (Å²) in [6.07, 6.45) is 5.88. The van der Waals surface area contributed by atoms with E-state index < -0.39 is 5.60 Å². The Kier molecular flexibility index (Phi) is 4.65. The van der Waals surface area contributed by atoms with Crippen molar-refractivity contribution in [1.29, 1.82) is 0 Å². The molecule has 1 aliphatic carbocycles. The third-order valence-corrected chi connectivity index (χ3v) is 4.18. The number of rotatable bonds is 4. The quantitative estimate of drug-likeness (QED) is 0.842. The van der Waals surface area contributed by atoms with Crippen LogP contribution in [0.4, 0.5) is 0 Å². The number of nitrogens with zero attached hydrogens (tertiary/aromatic N) is 2. The summed E-state index contributed by atoms with van der Waals surface area (Å²) < 4.78 is 1.96. The van der Waals surface area contributed by atoms with E-state index in [9.17, 15) is 9.90 Å². The zero-order chi connectivity index (χ0) is 18.0. The molecule has 0 spiro atoms. The molecule has 5 nitrogen and oxygen atoms in total. The largest absolute Gasteiger partial charge is 0.378 e. The number of nitrogens with one attached hydrogen (secondary N) is 1. The van der Waals surface area contributed by atoms with Crippen LogP contribution in [0.1, 0.15) is 54.5 Å². The number of imidazole rings is 1. The highest BCUT2D eigenvalue weighted by Gasteiger charge is 2.35. The molecule has 1 heterocycles. The molecule has 1 saturated carbocycles. The molecule has 0 saturated heterocycles. The van der Waals surface area contributed by atoms with E-state index in [1.54, 1.807) is 44.3 Å². The topological polar surface area (TPSA) is 67.2 Å². The van der Waals surface area contributed by atoms with Crippen LogP contribution < -0.4 is 5.32 Å². The molecule has 1 aromatic carbocycles. The van der Waals surface area contributed by atoms with Gasteiger partial charge in [0.1, 0.15) is 11.4 Å². The molecule has 0 bridgehead atoms. The van der Waals surface area contributed by atoms with Crippen molar-refractivity contribution in [3.8, 4) is 11.8 Å². The maximum Gasteiger partial charge on any atom is 0.251 e. The monoisotopic (exact) mass is 337 g/mol. The fourth-order valence-corrected chi connectivity index (χ4v) is 2.65. The average Bonchev–Trinajstić information content (AvgIpc) is 3.32. The molecule has 1 amide bonds. The van der Waals surface area contributed by atoms with Crippen molar-refractivity contribution in [1.82, 2.24) is 14.9 Å². The molecule has 1 atom stereocenters. The molecule has 2 N–H and O–H groups in total. The lowest BCUT2D eigenvalue weighted by atomic mass is 10.1. The molecule has 0 unspecified atom stereocenters. The molecule has 1 aromatic heterocycles. The number of hydrogen-bond donors (Lipinski definition) is 2. The van der Waals surface area contributed by atoms with Gasteiger partial charge in [-0.15, -0.1) is 0 Å². The molecule has 1 fully saturated rings. The van der Waals surface area contributed by atoms with Gasteiger partial charge in [-0.3, -0.25) is 4.79 Å². The molecule has 0 aliphatic heterocycles. The van der Waals surface area contributed by atoms with Gasteiger partial charge < -0.3 is 15.0 Å². The molecular weight excluding hydrogens is 314 g/mol. The van der Waals surface area contributed by atoms with E-state index in [-0.39, 0.29) is 11.9 Å². The number of amides is 1. The van der Waals surface area contributed by atoms with Crippen molar-refractivity contribution in [2.75, 3.05) is 0 Å². The average molecular weight is 337 g/mol. The number of benzene rings is 1. The van der Waals surface area contributed by atoms with Crippen molar-refractivity contribution in [3.63, 3.8) is 0 Å². The smallest absolute Gasteiger partial charge is 0.251 e. The Morgan fingerprint density at radius 3 is 2.56 bits per heavy atom. The molecule has 2 aromatic rings. The van der Waals surface area contributed by atoms with E-state index in [2.05, 4.69) is 22.1 Å². The fourth-order valence-electron chi connectivity index (χ4n) is 2.65. The van der Waals surface area contributed by atoms with E-state index in [0.717, 1.165) is 24.2 Å². The summed E-state index contributed by atoms with van der Waals surface area (Å²) in [5, 5.41) is 12.8. The van der Waals surface area contributed by atoms with E-state index in [0.29, 0.717) is 11.5 Å². The summed E-state index contributed by atoms with van der Waals surface area (Å²) in [5.41, 5.74) is 0.325. The molecule has 0 radical (unpaired) electrons. The minimum Gasteiger partial charge on any atom is -0.378 e. The number of aliphatic hydroxyl groups is 1. The van der Waals surface area contributed by atoms with Gasteiger partial charge in [0.25, 0.3) is 5.91 Å². The van der Waals surface area contributed by atoms with Gasteiger partial charge in [-0.1, -0.05) is 11.8 Å². The second-order valence-corrected chi connectivity index (χ2v) is 7.07. The molecular formula is C20H23N3O2. The lowest BCUT2D eigenvalue weighted by Crippen LogP contribution is -2.31. The summed E-state index contributed by atoms with van der Waals surface area (Å²) in [6, 6.07) is 7.04. The van der Waals surface area contributed by atoms with Gasteiger partial charge in [0.2, 0.25) is 0 Å². The first-order chi connectivity index (χ1) is 11.8. The second kappa shape index (κ2) is 6.73. The summed E-state index contributed by atoms with van der Waals surface area (Å²) in [7, 11) is 1.94. The van der Waals surface area contributed by atoms with Crippen LogP contribution in [0, 0.1) is 17.8 Å². The minimum absolute atomic E-state index is 0.0536. The highest BCUT2D eigenvalue weighted by molar-refractivity contribution is 5.94. The summed E-state index contributed by atoms with van der Waals surface area (Å²) in [5.74, 6) is 6.91. The SMILES string of the molecule is Cn1ccnc1[C@H](NC(=O)c1ccc(C#CC(C)(C)O)cc1)C1CC1. The Morgan fingerprint density at radius 2 is 2.04 bits per heavy atom. The van der Waals surface area contributed by atoms with Crippen molar-refractivity contribution in [3.05, 3.63) is 53.6 Å². The molecule has 1 aliphatic rings. The lowest BCUT2D eigenvalue weighted by molar-refractivity contribution is 0.0929. The van der Waals surface area contributed by atoms with Crippen molar-refractivity contribution >= 4 is 5.91 Å². The zero-order valence-corrected chi connectivity index (χ0v) is 14.8. The number of hydrogen-bond acceptors (Lipinski definition) is 3. The van der Waals surface area contributed by atoms with Gasteiger partial charge in [0.05, 0.1) is 6.04 Å². The molecule has 130 valence electrons. The van der Waals surface area contributed by atoms with E-state index in [4.69, 9.17) is 0 Å². The Bertz CT molecular complexity index is 815. The maximum atomic E-state index is 12.6. The number of carbonyl (C=O) groups is 1.